The van der Waals surface area contributed by atoms with Crippen LogP contribution in [0.15, 0.2) is 42.5 Å². The van der Waals surface area contributed by atoms with Gasteiger partial charge in [0.15, 0.2) is 5.13 Å². The summed E-state index contributed by atoms with van der Waals surface area (Å²) in [5.74, 6) is -0.128. The molecule has 3 aromatic rings. The third-order valence-corrected chi connectivity index (χ3v) is 5.15. The van der Waals surface area contributed by atoms with Crippen LogP contribution in [0.2, 0.25) is 0 Å². The number of fused-ring (bicyclic) bond motifs is 2. The third-order valence-electron chi connectivity index (χ3n) is 4.22. The van der Waals surface area contributed by atoms with Crippen LogP contribution in [0.3, 0.4) is 0 Å². The first-order chi connectivity index (χ1) is 12.6. The lowest BCUT2D eigenvalue weighted by molar-refractivity contribution is -0.123. The molecule has 6 nitrogen and oxygen atoms in total. The van der Waals surface area contributed by atoms with Crippen LogP contribution in [0.4, 0.5) is 10.8 Å². The summed E-state index contributed by atoms with van der Waals surface area (Å²) in [6, 6.07) is 13.0. The Morgan fingerprint density at radius 3 is 3.04 bits per heavy atom. The Morgan fingerprint density at radius 2 is 2.19 bits per heavy atom. The van der Waals surface area contributed by atoms with Crippen LogP contribution in [-0.4, -0.2) is 23.4 Å². The van der Waals surface area contributed by atoms with Gasteiger partial charge in [0.05, 0.1) is 22.7 Å². The summed E-state index contributed by atoms with van der Waals surface area (Å²) in [5, 5.41) is 6.18. The number of rotatable bonds is 4. The predicted molar refractivity (Wildman–Crippen MR) is 102 cm³/mol. The molecule has 1 atom stereocenters. The molecule has 132 valence electrons. The molecule has 0 fully saturated rings. The molecule has 26 heavy (non-hydrogen) atoms. The number of benzene rings is 2. The number of carbonyl (C=O) groups is 2. The molecule has 1 aliphatic rings. The van der Waals surface area contributed by atoms with E-state index in [0.29, 0.717) is 17.4 Å². The van der Waals surface area contributed by atoms with Gasteiger partial charge in [-0.25, -0.2) is 4.98 Å². The van der Waals surface area contributed by atoms with Gasteiger partial charge in [-0.05, 0) is 36.8 Å². The summed E-state index contributed by atoms with van der Waals surface area (Å²) in [7, 11) is 0. The minimum Gasteiger partial charge on any atom is -0.494 e. The molecule has 4 rings (SSSR count). The Hall–Kier alpha value is -2.93. The van der Waals surface area contributed by atoms with Crippen LogP contribution in [0, 0.1) is 0 Å². The van der Waals surface area contributed by atoms with E-state index in [0.717, 1.165) is 21.5 Å². The van der Waals surface area contributed by atoms with Crippen molar-refractivity contribution in [1.82, 2.24) is 4.98 Å². The minimum absolute atomic E-state index is 0.127. The Labute approximate surface area is 154 Å². The Kier molecular flexibility index (Phi) is 4.30. The highest BCUT2D eigenvalue weighted by Crippen LogP contribution is 2.34. The van der Waals surface area contributed by atoms with Crippen molar-refractivity contribution < 1.29 is 14.3 Å². The van der Waals surface area contributed by atoms with Crippen molar-refractivity contribution >= 4 is 44.2 Å². The van der Waals surface area contributed by atoms with Gasteiger partial charge in [0, 0.05) is 12.1 Å². The quantitative estimate of drug-likeness (QED) is 0.736. The highest BCUT2D eigenvalue weighted by atomic mass is 32.1. The lowest BCUT2D eigenvalue weighted by Gasteiger charge is -2.24. The summed E-state index contributed by atoms with van der Waals surface area (Å²) in [6.07, 6.45) is 0.127. The smallest absolute Gasteiger partial charge is 0.234 e. The summed E-state index contributed by atoms with van der Waals surface area (Å²) in [5.41, 5.74) is 2.31. The number of hydrogen-bond donors (Lipinski definition) is 2. The van der Waals surface area contributed by atoms with Crippen molar-refractivity contribution in [2.24, 2.45) is 0 Å². The molecule has 0 saturated heterocycles. The topological polar surface area (TPSA) is 80.3 Å². The van der Waals surface area contributed by atoms with Gasteiger partial charge in [0.2, 0.25) is 11.8 Å². The summed E-state index contributed by atoms with van der Waals surface area (Å²) >= 11 is 1.39. The van der Waals surface area contributed by atoms with Crippen molar-refractivity contribution in [3.05, 3.63) is 48.0 Å². The number of aromatic nitrogens is 1. The molecule has 0 radical (unpaired) electrons. The van der Waals surface area contributed by atoms with Crippen LogP contribution in [0.5, 0.6) is 5.75 Å². The number of anilines is 2. The fourth-order valence-corrected chi connectivity index (χ4v) is 3.95. The average molecular weight is 367 g/mol. The van der Waals surface area contributed by atoms with E-state index in [9.17, 15) is 9.59 Å². The van der Waals surface area contributed by atoms with Crippen molar-refractivity contribution in [3.63, 3.8) is 0 Å². The maximum absolute atomic E-state index is 12.8. The number of nitrogens with zero attached hydrogens (tertiary/aromatic N) is 1. The average Bonchev–Trinajstić information content (AvgIpc) is 3.02. The van der Waals surface area contributed by atoms with Gasteiger partial charge in [-0.2, -0.15) is 0 Å². The van der Waals surface area contributed by atoms with Crippen molar-refractivity contribution in [2.45, 2.75) is 19.3 Å². The van der Waals surface area contributed by atoms with E-state index in [4.69, 9.17) is 4.74 Å². The van der Waals surface area contributed by atoms with E-state index in [1.54, 1.807) is 6.07 Å². The molecule has 7 heteroatoms. The van der Waals surface area contributed by atoms with Gasteiger partial charge >= 0.3 is 0 Å². The number of para-hydroxylation sites is 1. The molecule has 2 amide bonds. The molecule has 1 aromatic heterocycles. The van der Waals surface area contributed by atoms with Gasteiger partial charge in [-0.15, -0.1) is 0 Å². The molecule has 2 aromatic carbocycles. The van der Waals surface area contributed by atoms with Crippen molar-refractivity contribution in [2.75, 3.05) is 17.2 Å². The molecule has 2 N–H and O–H groups in total. The summed E-state index contributed by atoms with van der Waals surface area (Å²) in [4.78, 5) is 29.1. The molecule has 0 spiro atoms. The fraction of sp³-hybridized carbons (Fsp3) is 0.211. The second-order valence-electron chi connectivity index (χ2n) is 5.96. The molecular weight excluding hydrogens is 350 g/mol. The van der Waals surface area contributed by atoms with E-state index in [-0.39, 0.29) is 18.2 Å². The lowest BCUT2D eigenvalue weighted by Crippen LogP contribution is -2.30. The van der Waals surface area contributed by atoms with Crippen LogP contribution < -0.4 is 15.4 Å². The molecule has 1 aliphatic heterocycles. The number of thiazole rings is 1. The van der Waals surface area contributed by atoms with Gasteiger partial charge in [-0.3, -0.25) is 9.59 Å². The SMILES string of the molecule is CCOc1ccc2nc(NC(=O)[C@@H]3CC(=O)Nc4ccccc43)sc2c1. The fourth-order valence-electron chi connectivity index (χ4n) is 3.05. The lowest BCUT2D eigenvalue weighted by atomic mass is 9.90. The maximum atomic E-state index is 12.8. The van der Waals surface area contributed by atoms with E-state index in [1.165, 1.54) is 11.3 Å². The first-order valence-electron chi connectivity index (χ1n) is 8.37. The minimum atomic E-state index is -0.522. The van der Waals surface area contributed by atoms with E-state index >= 15 is 0 Å². The number of carbonyl (C=O) groups excluding carboxylic acids is 2. The molecule has 0 bridgehead atoms. The molecular formula is C19H17N3O3S. The number of nitrogens with one attached hydrogen (secondary N) is 2. The van der Waals surface area contributed by atoms with Gasteiger partial charge in [0.1, 0.15) is 5.75 Å². The first-order valence-corrected chi connectivity index (χ1v) is 9.18. The van der Waals surface area contributed by atoms with Crippen LogP contribution >= 0.6 is 11.3 Å². The second-order valence-corrected chi connectivity index (χ2v) is 6.99. The maximum Gasteiger partial charge on any atom is 0.234 e. The monoisotopic (exact) mass is 367 g/mol. The Balaban J connectivity index is 1.58. The summed E-state index contributed by atoms with van der Waals surface area (Å²) in [6.45, 7) is 2.53. The molecule has 0 aliphatic carbocycles. The third kappa shape index (κ3) is 3.13. The van der Waals surface area contributed by atoms with Crippen LogP contribution in [0.1, 0.15) is 24.8 Å². The number of ether oxygens (including phenoxy) is 1. The van der Waals surface area contributed by atoms with E-state index < -0.39 is 5.92 Å². The van der Waals surface area contributed by atoms with E-state index in [1.807, 2.05) is 43.3 Å². The van der Waals surface area contributed by atoms with Gasteiger partial charge in [-0.1, -0.05) is 29.5 Å². The zero-order valence-corrected chi connectivity index (χ0v) is 14.9. The Morgan fingerprint density at radius 1 is 1.35 bits per heavy atom. The van der Waals surface area contributed by atoms with Crippen LogP contribution in [-0.2, 0) is 9.59 Å². The summed E-state index contributed by atoms with van der Waals surface area (Å²) < 4.78 is 6.44. The highest BCUT2D eigenvalue weighted by molar-refractivity contribution is 7.22. The first kappa shape index (κ1) is 16.5. The largest absolute Gasteiger partial charge is 0.494 e. The van der Waals surface area contributed by atoms with Crippen molar-refractivity contribution in [3.8, 4) is 5.75 Å². The van der Waals surface area contributed by atoms with E-state index in [2.05, 4.69) is 15.6 Å². The molecule has 0 unspecified atom stereocenters. The van der Waals surface area contributed by atoms with Gasteiger partial charge in [0.25, 0.3) is 0 Å². The van der Waals surface area contributed by atoms with Gasteiger partial charge < -0.3 is 15.4 Å². The Bertz CT molecular complexity index is 999. The zero-order chi connectivity index (χ0) is 18.1. The zero-order valence-electron chi connectivity index (χ0n) is 14.1. The number of amides is 2. The normalized spacial score (nSPS) is 16.0. The van der Waals surface area contributed by atoms with Crippen molar-refractivity contribution in [1.29, 1.82) is 0 Å². The predicted octanol–water partition coefficient (Wildman–Crippen LogP) is 3.76. The standard InChI is InChI=1S/C19H17N3O3S/c1-2-25-11-7-8-15-16(9-11)26-19(21-15)22-18(24)13-10-17(23)20-14-6-4-3-5-12(13)14/h3-9,13H,2,10H2,1H3,(H,20,23)(H,21,22,24)/t13-/m1/s1. The second kappa shape index (κ2) is 6.76. The molecule has 2 heterocycles. The highest BCUT2D eigenvalue weighted by Gasteiger charge is 2.30. The number of hydrogen-bond acceptors (Lipinski definition) is 5. The van der Waals surface area contributed by atoms with Crippen LogP contribution in [0.25, 0.3) is 10.2 Å². The molecule has 0 saturated carbocycles.